The van der Waals surface area contributed by atoms with Crippen LogP contribution >= 0.6 is 115 Å². The van der Waals surface area contributed by atoms with Gasteiger partial charge >= 0.3 is 17.9 Å². The van der Waals surface area contributed by atoms with Crippen molar-refractivity contribution in [2.45, 2.75) is 130 Å². The van der Waals surface area contributed by atoms with Crippen LogP contribution in [0.5, 0.6) is 0 Å². The Morgan fingerprint density at radius 1 is 0.464 bits per heavy atom. The largest absolute Gasteiger partial charge is 0.481 e. The number of carboxylic acid groups (broad SMARTS) is 1. The second-order valence-electron chi connectivity index (χ2n) is 25.2. The number of esters is 2. The van der Waals surface area contributed by atoms with E-state index >= 15 is 0 Å². The van der Waals surface area contributed by atoms with Gasteiger partial charge in [0.25, 0.3) is 0 Å². The minimum Gasteiger partial charge on any atom is -0.481 e. The number of rotatable bonds is 9. The molecule has 0 fully saturated rings. The molecule has 1 amide bonds. The van der Waals surface area contributed by atoms with E-state index in [9.17, 15) is 28.8 Å². The van der Waals surface area contributed by atoms with Crippen LogP contribution < -0.4 is 11.1 Å². The zero-order chi connectivity index (χ0) is 71.0. The standard InChI is InChI=1S/C26H26ClNO3S.C15H16ClNO2S.2C11H11ClO.C11H12O2.2CH2Cl2/c1-26(2,3)31-25(30)22-21(17-10-12-20(27)13-11-17)15-32-24(22)28-23(29)19-9-8-16-6-4-5-7-18(16)14-19;1-15(2,3)19-14(18)12-11(8-20-13(12)17)9-4-6-10(16)7-5-9;3*12-11(13)10-6-5-8-3-1-2-4-9(8)7-10;2*2-1-3/h4-7,10-13,15,19H,8-9,14H2,1-3H3,(H,28,29);4-8H,17H2,1-3H3;2*1-4,10H,5-7H2;1-4,10H,5-7H2,(H,12,13);2*1H2. The minimum absolute atomic E-state index is 0.0385. The highest BCUT2D eigenvalue weighted by Crippen LogP contribution is 2.40. The molecule has 0 saturated heterocycles. The van der Waals surface area contributed by atoms with E-state index in [1.165, 1.54) is 67.2 Å². The third kappa shape index (κ3) is 25.3. The Balaban J connectivity index is 0.000000197. The number of thiophene rings is 2. The maximum Gasteiger partial charge on any atom is 0.342 e. The van der Waals surface area contributed by atoms with Crippen LogP contribution in [0.15, 0.2) is 156 Å². The predicted molar refractivity (Wildman–Crippen MR) is 403 cm³/mol. The van der Waals surface area contributed by atoms with Crippen molar-refractivity contribution >= 4 is 160 Å². The van der Waals surface area contributed by atoms with E-state index in [0.717, 1.165) is 86.5 Å². The number of nitrogens with two attached hydrogens (primary N) is 1. The number of anilines is 2. The summed E-state index contributed by atoms with van der Waals surface area (Å²) in [4.78, 5) is 71.3. The van der Waals surface area contributed by atoms with Crippen LogP contribution in [0.1, 0.15) is 132 Å². The topological polar surface area (TPSA) is 179 Å². The fourth-order valence-corrected chi connectivity index (χ4v) is 13.8. The van der Waals surface area contributed by atoms with E-state index in [2.05, 4.69) is 47.8 Å². The predicted octanol–water partition coefficient (Wildman–Crippen LogP) is 21.2. The lowest BCUT2D eigenvalue weighted by Gasteiger charge is -2.24. The van der Waals surface area contributed by atoms with Crippen LogP contribution in [0.3, 0.4) is 0 Å². The number of carboxylic acids is 1. The zero-order valence-electron chi connectivity index (χ0n) is 54.9. The molecule has 8 aromatic rings. The average Bonchev–Trinajstić information content (AvgIpc) is 1.69. The second kappa shape index (κ2) is 39.2. The summed E-state index contributed by atoms with van der Waals surface area (Å²) in [7, 11) is 0. The molecule has 0 bridgehead atoms. The molecule has 2 aromatic heterocycles. The average molecular weight is 1510 g/mol. The van der Waals surface area contributed by atoms with Gasteiger partial charge in [0, 0.05) is 49.7 Å². The number of fused-ring (bicyclic) bond motifs is 4. The molecule has 0 saturated carbocycles. The number of benzene rings is 6. The van der Waals surface area contributed by atoms with Crippen LogP contribution in [-0.2, 0) is 80.0 Å². The summed E-state index contributed by atoms with van der Waals surface area (Å²) in [6.07, 6.45) is 10.2. The highest BCUT2D eigenvalue weighted by molar-refractivity contribution is 7.15. The number of hydrogen-bond acceptors (Lipinski definition) is 11. The quantitative estimate of drug-likeness (QED) is 0.0715. The van der Waals surface area contributed by atoms with Crippen LogP contribution in [0.25, 0.3) is 22.3 Å². The van der Waals surface area contributed by atoms with Crippen molar-refractivity contribution in [2.75, 3.05) is 21.7 Å². The molecule has 97 heavy (non-hydrogen) atoms. The zero-order valence-corrected chi connectivity index (χ0v) is 62.5. The van der Waals surface area contributed by atoms with Crippen molar-refractivity contribution in [3.05, 3.63) is 222 Å². The summed E-state index contributed by atoms with van der Waals surface area (Å²) in [6, 6.07) is 47.5. The van der Waals surface area contributed by atoms with Gasteiger partial charge in [-0.1, -0.05) is 145 Å². The molecule has 4 atom stereocenters. The smallest absolute Gasteiger partial charge is 0.342 e. The van der Waals surface area contributed by atoms with Crippen LogP contribution in [0.2, 0.25) is 10.0 Å². The maximum atomic E-state index is 13.2. The molecule has 6 aromatic carbocycles. The van der Waals surface area contributed by atoms with Gasteiger partial charge in [0.1, 0.15) is 32.3 Å². The van der Waals surface area contributed by atoms with E-state index in [1.54, 1.807) is 24.3 Å². The number of amides is 1. The van der Waals surface area contributed by atoms with Crippen LogP contribution in [-0.4, -0.2) is 61.3 Å². The van der Waals surface area contributed by atoms with E-state index in [1.807, 2.05) is 131 Å². The molecule has 0 radical (unpaired) electrons. The molecule has 4 N–H and O–H groups in total. The lowest BCUT2D eigenvalue weighted by molar-refractivity contribution is -0.142. The molecule has 0 spiro atoms. The van der Waals surface area contributed by atoms with Gasteiger partial charge in [-0.15, -0.1) is 69.1 Å². The summed E-state index contributed by atoms with van der Waals surface area (Å²) in [5, 5.41) is 17.9. The number of nitrogen functional groups attached to an aromatic ring is 1. The first-order valence-electron chi connectivity index (χ1n) is 31.5. The van der Waals surface area contributed by atoms with E-state index in [0.29, 0.717) is 44.0 Å². The molecule has 11 nitrogen and oxygen atoms in total. The van der Waals surface area contributed by atoms with Crippen molar-refractivity contribution in [1.29, 1.82) is 0 Å². The lowest BCUT2D eigenvalue weighted by Crippen LogP contribution is -2.29. The molecule has 2 heterocycles. The normalized spacial score (nSPS) is 16.3. The molecule has 21 heteroatoms. The van der Waals surface area contributed by atoms with Gasteiger partial charge in [0.15, 0.2) is 0 Å². The molecule has 4 unspecified atom stereocenters. The molecular formula is C76H80Cl8N2O9S2. The van der Waals surface area contributed by atoms with E-state index in [-0.39, 0.29) is 50.7 Å². The van der Waals surface area contributed by atoms with Gasteiger partial charge in [-0.25, -0.2) is 9.59 Å². The number of carbonyl (C=O) groups excluding carboxylic acids is 5. The number of carbonyl (C=O) groups is 6. The Kier molecular flexibility index (Phi) is 32.3. The van der Waals surface area contributed by atoms with Gasteiger partial charge in [0.05, 0.1) is 16.6 Å². The van der Waals surface area contributed by atoms with Crippen molar-refractivity contribution < 1.29 is 43.3 Å². The second-order valence-corrected chi connectivity index (χ2v) is 30.3. The van der Waals surface area contributed by atoms with Gasteiger partial charge in [-0.3, -0.25) is 19.2 Å². The third-order valence-electron chi connectivity index (χ3n) is 16.1. The van der Waals surface area contributed by atoms with Crippen molar-refractivity contribution in [3.8, 4) is 22.3 Å². The molecular weight excluding hydrogens is 1430 g/mol. The summed E-state index contributed by atoms with van der Waals surface area (Å²) in [5.74, 6) is -1.79. The first-order valence-corrected chi connectivity index (χ1v) is 36.9. The number of aliphatic carboxylic acids is 1. The number of alkyl halides is 4. The maximum absolute atomic E-state index is 13.2. The molecule has 4 aliphatic rings. The SMILES string of the molecule is CC(C)(C)OC(=O)c1c(-c2ccc(Cl)cc2)csc1N.CC(C)(C)OC(=O)c1c(-c2ccc(Cl)cc2)csc1NC(=O)C1CCc2ccccc2C1.ClCCl.ClCCl.O=C(Cl)C1CCc2ccccc2C1.O=C(Cl)C1CCc2ccccc2C1.O=C(O)C1CCc2ccccc2C1. The Morgan fingerprint density at radius 2 is 0.763 bits per heavy atom. The Hall–Kier alpha value is -5.94. The van der Waals surface area contributed by atoms with Gasteiger partial charge in [-0.05, 0) is 222 Å². The highest BCUT2D eigenvalue weighted by Gasteiger charge is 2.31. The fourth-order valence-electron chi connectivity index (χ4n) is 11.4. The van der Waals surface area contributed by atoms with Gasteiger partial charge in [0.2, 0.25) is 16.4 Å². The molecule has 516 valence electrons. The first kappa shape index (κ1) is 80.0. The number of hydrogen-bond donors (Lipinski definition) is 3. The summed E-state index contributed by atoms with van der Waals surface area (Å²) in [6.45, 7) is 11.0. The number of nitrogens with one attached hydrogen (secondary N) is 1. The highest BCUT2D eigenvalue weighted by atomic mass is 35.5. The Bertz CT molecular complexity index is 3760. The number of aryl methyl sites for hydroxylation is 4. The molecule has 12 rings (SSSR count). The monoisotopic (exact) mass is 1510 g/mol. The molecule has 4 aliphatic carbocycles. The first-order chi connectivity index (χ1) is 46.1. The van der Waals surface area contributed by atoms with E-state index < -0.39 is 29.1 Å². The van der Waals surface area contributed by atoms with E-state index in [4.69, 9.17) is 113 Å². The van der Waals surface area contributed by atoms with Crippen LogP contribution in [0, 0.1) is 23.7 Å². The van der Waals surface area contributed by atoms with Crippen molar-refractivity contribution in [1.82, 2.24) is 0 Å². The van der Waals surface area contributed by atoms with Gasteiger partial charge < -0.3 is 25.6 Å². The van der Waals surface area contributed by atoms with Crippen molar-refractivity contribution in [3.63, 3.8) is 0 Å². The summed E-state index contributed by atoms with van der Waals surface area (Å²) >= 11 is 44.6. The summed E-state index contributed by atoms with van der Waals surface area (Å²) in [5.41, 5.74) is 19.1. The number of halogens is 8. The fraction of sp³-hybridized carbons (Fsp3) is 0.342. The third-order valence-corrected chi connectivity index (χ3v) is 18.9. The number of ether oxygens (including phenoxy) is 2. The van der Waals surface area contributed by atoms with Crippen molar-refractivity contribution in [2.24, 2.45) is 23.7 Å². The molecule has 0 aliphatic heterocycles. The van der Waals surface area contributed by atoms with Crippen LogP contribution in [0.4, 0.5) is 10.0 Å². The Labute approximate surface area is 617 Å². The summed E-state index contributed by atoms with van der Waals surface area (Å²) < 4.78 is 11.1. The van der Waals surface area contributed by atoms with Gasteiger partial charge in [-0.2, -0.15) is 0 Å². The minimum atomic E-state index is -0.658. The Morgan fingerprint density at radius 3 is 1.11 bits per heavy atom. The lowest BCUT2D eigenvalue weighted by atomic mass is 9.83.